The average Bonchev–Trinajstić information content (AvgIpc) is 3.05. The van der Waals surface area contributed by atoms with E-state index in [-0.39, 0.29) is 23.4 Å². The molecule has 1 atom stereocenters. The SMILES string of the molecule is CCOc1ccc(C(O)=C2C(=O)C(=O)N(Cc3cccnc3)[C@H]2c2ccccc2F)c(C)c1. The highest BCUT2D eigenvalue weighted by Gasteiger charge is 2.47. The number of rotatable bonds is 6. The number of pyridine rings is 1. The zero-order valence-corrected chi connectivity index (χ0v) is 18.3. The fourth-order valence-corrected chi connectivity index (χ4v) is 4.06. The number of hydrogen-bond acceptors (Lipinski definition) is 5. The maximum atomic E-state index is 14.9. The van der Waals surface area contributed by atoms with Gasteiger partial charge in [-0.25, -0.2) is 4.39 Å². The minimum absolute atomic E-state index is 0.0381. The Morgan fingerprint density at radius 3 is 2.61 bits per heavy atom. The number of aryl methyl sites for hydroxylation is 1. The second-order valence-corrected chi connectivity index (χ2v) is 7.72. The Hall–Kier alpha value is -4.00. The van der Waals surface area contributed by atoms with Crippen molar-refractivity contribution >= 4 is 17.4 Å². The first-order valence-corrected chi connectivity index (χ1v) is 10.6. The van der Waals surface area contributed by atoms with Crippen molar-refractivity contribution in [3.8, 4) is 5.75 Å². The number of ether oxygens (including phenoxy) is 1. The maximum Gasteiger partial charge on any atom is 0.295 e. The molecule has 1 saturated heterocycles. The first kappa shape index (κ1) is 22.2. The molecule has 0 unspecified atom stereocenters. The molecule has 2 aromatic carbocycles. The zero-order valence-electron chi connectivity index (χ0n) is 18.3. The van der Waals surface area contributed by atoms with Crippen LogP contribution in [0.3, 0.4) is 0 Å². The van der Waals surface area contributed by atoms with E-state index in [9.17, 15) is 19.1 Å². The molecule has 168 valence electrons. The Bertz CT molecular complexity index is 1240. The van der Waals surface area contributed by atoms with Crippen LogP contribution in [0.2, 0.25) is 0 Å². The zero-order chi connectivity index (χ0) is 23.5. The summed E-state index contributed by atoms with van der Waals surface area (Å²) in [7, 11) is 0. The molecule has 1 aromatic heterocycles. The van der Waals surface area contributed by atoms with Gasteiger partial charge in [0.2, 0.25) is 0 Å². The van der Waals surface area contributed by atoms with E-state index in [0.717, 1.165) is 0 Å². The number of aliphatic hydroxyl groups is 1. The van der Waals surface area contributed by atoms with Crippen LogP contribution in [-0.4, -0.2) is 33.3 Å². The van der Waals surface area contributed by atoms with E-state index in [1.165, 1.54) is 23.1 Å². The van der Waals surface area contributed by atoms with E-state index >= 15 is 0 Å². The first-order chi connectivity index (χ1) is 15.9. The number of amides is 1. The van der Waals surface area contributed by atoms with Crippen LogP contribution >= 0.6 is 0 Å². The van der Waals surface area contributed by atoms with Gasteiger partial charge < -0.3 is 14.7 Å². The summed E-state index contributed by atoms with van der Waals surface area (Å²) in [5.74, 6) is -1.98. The van der Waals surface area contributed by atoms with Crippen molar-refractivity contribution in [3.05, 3.63) is 101 Å². The highest BCUT2D eigenvalue weighted by atomic mass is 19.1. The largest absolute Gasteiger partial charge is 0.507 e. The summed E-state index contributed by atoms with van der Waals surface area (Å²) in [5.41, 5.74) is 1.69. The van der Waals surface area contributed by atoms with E-state index < -0.39 is 23.5 Å². The third-order valence-electron chi connectivity index (χ3n) is 5.58. The van der Waals surface area contributed by atoms with Crippen LogP contribution < -0.4 is 4.74 Å². The maximum absolute atomic E-state index is 14.9. The normalized spacial score (nSPS) is 17.4. The molecular formula is C26H23FN2O4. The Labute approximate surface area is 191 Å². The van der Waals surface area contributed by atoms with Gasteiger partial charge in [-0.3, -0.25) is 14.6 Å². The molecule has 1 N–H and O–H groups in total. The topological polar surface area (TPSA) is 79.7 Å². The van der Waals surface area contributed by atoms with Crippen LogP contribution in [0.5, 0.6) is 5.75 Å². The molecule has 0 saturated carbocycles. The number of benzene rings is 2. The summed E-state index contributed by atoms with van der Waals surface area (Å²) in [6.45, 7) is 4.15. The van der Waals surface area contributed by atoms with Gasteiger partial charge in [0.05, 0.1) is 18.2 Å². The lowest BCUT2D eigenvalue weighted by molar-refractivity contribution is -0.140. The van der Waals surface area contributed by atoms with Crippen LogP contribution in [-0.2, 0) is 16.1 Å². The predicted molar refractivity (Wildman–Crippen MR) is 121 cm³/mol. The van der Waals surface area contributed by atoms with Gasteiger partial charge in [-0.05, 0) is 55.3 Å². The standard InChI is InChI=1S/C26H23FN2O4/c1-3-33-18-10-11-19(16(2)13-18)24(30)22-23(20-8-4-5-9-21(20)27)29(26(32)25(22)31)15-17-7-6-12-28-14-17/h4-14,23,30H,3,15H2,1-2H3/t23-/m0/s1. The minimum Gasteiger partial charge on any atom is -0.507 e. The molecule has 33 heavy (non-hydrogen) atoms. The molecule has 0 radical (unpaired) electrons. The van der Waals surface area contributed by atoms with Gasteiger partial charge in [-0.15, -0.1) is 0 Å². The fraction of sp³-hybridized carbons (Fsp3) is 0.192. The van der Waals surface area contributed by atoms with Crippen molar-refractivity contribution in [2.75, 3.05) is 6.61 Å². The van der Waals surface area contributed by atoms with Crippen molar-refractivity contribution in [1.82, 2.24) is 9.88 Å². The molecule has 3 aromatic rings. The predicted octanol–water partition coefficient (Wildman–Crippen LogP) is 4.55. The van der Waals surface area contributed by atoms with Gasteiger partial charge in [0.1, 0.15) is 17.3 Å². The number of halogens is 1. The summed E-state index contributed by atoms with van der Waals surface area (Å²) >= 11 is 0. The number of aliphatic hydroxyl groups excluding tert-OH is 1. The van der Waals surface area contributed by atoms with Crippen LogP contribution in [0, 0.1) is 12.7 Å². The highest BCUT2D eigenvalue weighted by molar-refractivity contribution is 6.46. The molecular weight excluding hydrogens is 423 g/mol. The number of carbonyl (C=O) groups excluding carboxylic acids is 2. The fourth-order valence-electron chi connectivity index (χ4n) is 4.06. The highest BCUT2D eigenvalue weighted by Crippen LogP contribution is 2.41. The minimum atomic E-state index is -1.09. The van der Waals surface area contributed by atoms with Crippen molar-refractivity contribution < 1.29 is 23.8 Å². The van der Waals surface area contributed by atoms with E-state index in [1.54, 1.807) is 55.7 Å². The number of carbonyl (C=O) groups is 2. The van der Waals surface area contributed by atoms with Crippen molar-refractivity contribution in [2.24, 2.45) is 0 Å². The quantitative estimate of drug-likeness (QED) is 0.341. The average molecular weight is 446 g/mol. The molecule has 6 nitrogen and oxygen atoms in total. The number of aromatic nitrogens is 1. The first-order valence-electron chi connectivity index (χ1n) is 10.6. The summed E-state index contributed by atoms with van der Waals surface area (Å²) < 4.78 is 20.4. The number of ketones is 1. The molecule has 0 bridgehead atoms. The monoisotopic (exact) mass is 446 g/mol. The molecule has 0 spiro atoms. The number of Topliss-reactive ketones (excluding diaryl/α,β-unsaturated/α-hetero) is 1. The summed E-state index contributed by atoms with van der Waals surface area (Å²) in [5, 5.41) is 11.2. The van der Waals surface area contributed by atoms with Crippen molar-refractivity contribution in [3.63, 3.8) is 0 Å². The van der Waals surface area contributed by atoms with E-state index in [2.05, 4.69) is 4.98 Å². The van der Waals surface area contributed by atoms with Crippen LogP contribution in [0.1, 0.15) is 35.2 Å². The van der Waals surface area contributed by atoms with Gasteiger partial charge >= 0.3 is 0 Å². The summed E-state index contributed by atoms with van der Waals surface area (Å²) in [6.07, 6.45) is 3.18. The lowest BCUT2D eigenvalue weighted by Crippen LogP contribution is -2.29. The summed E-state index contributed by atoms with van der Waals surface area (Å²) in [4.78, 5) is 31.5. The van der Waals surface area contributed by atoms with Gasteiger partial charge in [-0.1, -0.05) is 24.3 Å². The third-order valence-corrected chi connectivity index (χ3v) is 5.58. The Balaban J connectivity index is 1.87. The third kappa shape index (κ3) is 4.22. The second kappa shape index (κ2) is 9.24. The molecule has 1 amide bonds. The van der Waals surface area contributed by atoms with Crippen molar-refractivity contribution in [2.45, 2.75) is 26.4 Å². The van der Waals surface area contributed by atoms with Gasteiger partial charge in [0.25, 0.3) is 11.7 Å². The van der Waals surface area contributed by atoms with Crippen LogP contribution in [0.15, 0.2) is 72.6 Å². The Morgan fingerprint density at radius 2 is 1.94 bits per heavy atom. The summed E-state index contributed by atoms with van der Waals surface area (Å²) in [6, 6.07) is 13.4. The number of nitrogens with zero attached hydrogens (tertiary/aromatic N) is 2. The van der Waals surface area contributed by atoms with E-state index in [4.69, 9.17) is 4.74 Å². The van der Waals surface area contributed by atoms with E-state index in [0.29, 0.717) is 29.0 Å². The lowest BCUT2D eigenvalue weighted by atomic mass is 9.93. The van der Waals surface area contributed by atoms with Crippen LogP contribution in [0.25, 0.3) is 5.76 Å². The van der Waals surface area contributed by atoms with Gasteiger partial charge in [0, 0.05) is 30.1 Å². The lowest BCUT2D eigenvalue weighted by Gasteiger charge is -2.25. The molecule has 1 fully saturated rings. The Kier molecular flexibility index (Phi) is 6.22. The molecule has 7 heteroatoms. The van der Waals surface area contributed by atoms with Gasteiger partial charge in [0.15, 0.2) is 0 Å². The molecule has 4 rings (SSSR count). The van der Waals surface area contributed by atoms with E-state index in [1.807, 2.05) is 6.92 Å². The Morgan fingerprint density at radius 1 is 1.15 bits per heavy atom. The van der Waals surface area contributed by atoms with Crippen molar-refractivity contribution in [1.29, 1.82) is 0 Å². The smallest absolute Gasteiger partial charge is 0.295 e. The molecule has 1 aliphatic heterocycles. The number of likely N-dealkylation sites (tertiary alicyclic amines) is 1. The number of hydrogen-bond donors (Lipinski definition) is 1. The molecule has 2 heterocycles. The molecule has 0 aliphatic carbocycles. The van der Waals surface area contributed by atoms with Gasteiger partial charge in [-0.2, -0.15) is 0 Å². The molecule has 1 aliphatic rings. The van der Waals surface area contributed by atoms with Crippen LogP contribution in [0.4, 0.5) is 4.39 Å². The second-order valence-electron chi connectivity index (χ2n) is 7.72.